The molecule has 24 heavy (non-hydrogen) atoms. The Morgan fingerprint density at radius 2 is 2.12 bits per heavy atom. The maximum absolute atomic E-state index is 6.25. The van der Waals surface area contributed by atoms with Gasteiger partial charge >= 0.3 is 147 Å². The minimum absolute atomic E-state index is 0.00730. The molecule has 0 fully saturated rings. The van der Waals surface area contributed by atoms with E-state index in [9.17, 15) is 0 Å². The fraction of sp³-hybridized carbons (Fsp3) is 0.444. The van der Waals surface area contributed by atoms with E-state index in [1.54, 1.807) is 7.11 Å². The van der Waals surface area contributed by atoms with Crippen LogP contribution in [0.2, 0.25) is 0 Å². The zero-order chi connectivity index (χ0) is 16.7. The summed E-state index contributed by atoms with van der Waals surface area (Å²) in [5.74, 6) is 2.24. The molecule has 1 aliphatic carbocycles. The zero-order valence-electron chi connectivity index (χ0n) is 14.0. The van der Waals surface area contributed by atoms with Gasteiger partial charge in [0, 0.05) is 0 Å². The molecule has 1 atom stereocenters. The number of nitrogens with zero attached hydrogens (tertiary/aromatic N) is 2. The van der Waals surface area contributed by atoms with Gasteiger partial charge in [-0.1, -0.05) is 0 Å². The molecular formula is C18H20N2O3Se. The number of hydrogen-bond donors (Lipinski definition) is 0. The van der Waals surface area contributed by atoms with Crippen LogP contribution in [0.4, 0.5) is 0 Å². The third-order valence-electron chi connectivity index (χ3n) is 4.44. The SMILES string of the molecule is COc1cc2c(cc1OC1CC=CCC1)OC(C)(C)c1[se]nnc1-2. The first-order valence-corrected chi connectivity index (χ1v) is 9.76. The molecule has 1 aromatic carbocycles. The first-order valence-electron chi connectivity index (χ1n) is 8.14. The van der Waals surface area contributed by atoms with Crippen LogP contribution < -0.4 is 14.2 Å². The van der Waals surface area contributed by atoms with Crippen LogP contribution in [0.1, 0.15) is 37.5 Å². The Labute approximate surface area is 147 Å². The van der Waals surface area contributed by atoms with Crippen molar-refractivity contribution in [2.45, 2.75) is 44.8 Å². The first kappa shape index (κ1) is 15.7. The monoisotopic (exact) mass is 392 g/mol. The second-order valence-electron chi connectivity index (χ2n) is 6.59. The number of aromatic nitrogens is 2. The number of allylic oxidation sites excluding steroid dienone is 1. The van der Waals surface area contributed by atoms with Gasteiger partial charge < -0.3 is 0 Å². The van der Waals surface area contributed by atoms with Crippen molar-refractivity contribution in [3.63, 3.8) is 0 Å². The van der Waals surface area contributed by atoms with Crippen LogP contribution in [-0.2, 0) is 5.60 Å². The topological polar surface area (TPSA) is 53.5 Å². The molecule has 2 aliphatic rings. The van der Waals surface area contributed by atoms with Crippen molar-refractivity contribution in [3.8, 4) is 28.5 Å². The second-order valence-corrected chi connectivity index (χ2v) is 8.17. The standard InChI is InChI=1S/C18H20N2O3Se/c1-18(2)17-16(19-20-24-17)12-9-14(21-3)15(10-13(12)23-18)22-11-7-5-4-6-8-11/h4-5,9-11H,6-8H2,1-3H3. The Hall–Kier alpha value is -1.78. The number of fused-ring (bicyclic) bond motifs is 3. The molecule has 1 unspecified atom stereocenters. The van der Waals surface area contributed by atoms with Crippen molar-refractivity contribution in [2.75, 3.05) is 7.11 Å². The summed E-state index contributed by atoms with van der Waals surface area (Å²) in [6, 6.07) is 3.91. The first-order chi connectivity index (χ1) is 11.6. The minimum atomic E-state index is -0.384. The average Bonchev–Trinajstić information content (AvgIpc) is 3.06. The summed E-state index contributed by atoms with van der Waals surface area (Å²) in [5, 5.41) is 4.36. The van der Waals surface area contributed by atoms with Gasteiger partial charge in [0.25, 0.3) is 0 Å². The van der Waals surface area contributed by atoms with Gasteiger partial charge in [0.1, 0.15) is 0 Å². The van der Waals surface area contributed by atoms with E-state index in [1.807, 2.05) is 12.1 Å². The van der Waals surface area contributed by atoms with E-state index in [4.69, 9.17) is 14.2 Å². The molecule has 1 aromatic heterocycles. The summed E-state index contributed by atoms with van der Waals surface area (Å²) in [7, 11) is 1.67. The summed E-state index contributed by atoms with van der Waals surface area (Å²) < 4.78 is 23.4. The van der Waals surface area contributed by atoms with E-state index in [0.29, 0.717) is 5.75 Å². The average molecular weight is 391 g/mol. The van der Waals surface area contributed by atoms with Crippen molar-refractivity contribution in [1.82, 2.24) is 9.19 Å². The molecule has 0 amide bonds. The molecule has 0 saturated carbocycles. The van der Waals surface area contributed by atoms with Crippen LogP contribution in [0, 0.1) is 0 Å². The van der Waals surface area contributed by atoms with Crippen LogP contribution in [0.25, 0.3) is 11.3 Å². The Morgan fingerprint density at radius 3 is 2.88 bits per heavy atom. The quantitative estimate of drug-likeness (QED) is 0.594. The van der Waals surface area contributed by atoms with E-state index in [1.165, 1.54) is 4.44 Å². The van der Waals surface area contributed by atoms with Gasteiger partial charge in [-0.05, 0) is 0 Å². The molecule has 126 valence electrons. The predicted molar refractivity (Wildman–Crippen MR) is 92.0 cm³/mol. The molecule has 4 rings (SSSR count). The van der Waals surface area contributed by atoms with Crippen LogP contribution in [0.5, 0.6) is 17.2 Å². The van der Waals surface area contributed by atoms with Crippen LogP contribution in [0.15, 0.2) is 24.3 Å². The number of ether oxygens (including phenoxy) is 3. The van der Waals surface area contributed by atoms with Gasteiger partial charge in [0.2, 0.25) is 0 Å². The fourth-order valence-electron chi connectivity index (χ4n) is 3.20. The molecule has 2 heterocycles. The molecule has 0 bridgehead atoms. The van der Waals surface area contributed by atoms with Crippen molar-refractivity contribution in [3.05, 3.63) is 28.7 Å². The Balaban J connectivity index is 1.75. The van der Waals surface area contributed by atoms with Crippen LogP contribution in [-0.4, -0.2) is 37.1 Å². The molecule has 1 aliphatic heterocycles. The molecule has 5 nitrogen and oxygen atoms in total. The molecule has 6 heteroatoms. The van der Waals surface area contributed by atoms with Gasteiger partial charge in [-0.15, -0.1) is 0 Å². The van der Waals surface area contributed by atoms with E-state index in [0.717, 1.165) is 42.0 Å². The predicted octanol–water partition coefficient (Wildman–Crippen LogP) is 3.32. The Morgan fingerprint density at radius 1 is 1.25 bits per heavy atom. The van der Waals surface area contributed by atoms with Crippen molar-refractivity contribution >= 4 is 14.7 Å². The number of benzene rings is 1. The molecule has 0 N–H and O–H groups in total. The number of rotatable bonds is 3. The van der Waals surface area contributed by atoms with Crippen molar-refractivity contribution in [2.24, 2.45) is 0 Å². The second kappa shape index (κ2) is 5.94. The zero-order valence-corrected chi connectivity index (χ0v) is 15.7. The third-order valence-corrected chi connectivity index (χ3v) is 6.60. The third kappa shape index (κ3) is 2.64. The number of methoxy groups -OCH3 is 1. The van der Waals surface area contributed by atoms with E-state index in [2.05, 4.69) is 35.2 Å². The van der Waals surface area contributed by atoms with E-state index in [-0.39, 0.29) is 26.4 Å². The summed E-state index contributed by atoms with van der Waals surface area (Å²) in [4.78, 5) is 0. The van der Waals surface area contributed by atoms with E-state index < -0.39 is 0 Å². The van der Waals surface area contributed by atoms with Crippen LogP contribution in [0.3, 0.4) is 0 Å². The van der Waals surface area contributed by atoms with Gasteiger partial charge in [0.05, 0.1) is 0 Å². The van der Waals surface area contributed by atoms with Gasteiger partial charge in [0.15, 0.2) is 0 Å². The fourth-order valence-corrected chi connectivity index (χ4v) is 4.67. The maximum atomic E-state index is 6.25. The summed E-state index contributed by atoms with van der Waals surface area (Å²) >= 11 is 0.00730. The van der Waals surface area contributed by atoms with Gasteiger partial charge in [-0.3, -0.25) is 0 Å². The molecule has 0 spiro atoms. The molecule has 2 aromatic rings. The van der Waals surface area contributed by atoms with Crippen molar-refractivity contribution < 1.29 is 14.2 Å². The Kier molecular flexibility index (Phi) is 3.89. The summed E-state index contributed by atoms with van der Waals surface area (Å²) in [6.07, 6.45) is 7.57. The van der Waals surface area contributed by atoms with Crippen LogP contribution >= 0.6 is 0 Å². The van der Waals surface area contributed by atoms with Crippen molar-refractivity contribution in [1.29, 1.82) is 0 Å². The summed E-state index contributed by atoms with van der Waals surface area (Å²) in [5.41, 5.74) is 1.50. The Bertz CT molecular complexity index is 798. The van der Waals surface area contributed by atoms with E-state index >= 15 is 0 Å². The van der Waals surface area contributed by atoms with Gasteiger partial charge in [-0.25, -0.2) is 0 Å². The molecule has 0 radical (unpaired) electrons. The molecule has 0 saturated heterocycles. The summed E-state index contributed by atoms with van der Waals surface area (Å²) in [6.45, 7) is 4.14. The number of hydrogen-bond acceptors (Lipinski definition) is 5. The van der Waals surface area contributed by atoms with Gasteiger partial charge in [-0.2, -0.15) is 0 Å². The normalized spacial score (nSPS) is 20.7. The molecular weight excluding hydrogens is 371 g/mol.